The van der Waals surface area contributed by atoms with Crippen LogP contribution >= 0.6 is 12.4 Å². The second-order valence-electron chi connectivity index (χ2n) is 5.27. The van der Waals surface area contributed by atoms with Crippen LogP contribution in [0.2, 0.25) is 0 Å². The van der Waals surface area contributed by atoms with Crippen LogP contribution in [0.5, 0.6) is 0 Å². The van der Waals surface area contributed by atoms with E-state index in [2.05, 4.69) is 5.32 Å². The molecule has 0 saturated heterocycles. The molecule has 0 unspecified atom stereocenters. The molecule has 0 aromatic carbocycles. The Bertz CT molecular complexity index is 303. The molecule has 0 aliphatic rings. The highest BCUT2D eigenvalue weighted by Gasteiger charge is 2.20. The van der Waals surface area contributed by atoms with E-state index in [0.29, 0.717) is 25.8 Å². The lowest BCUT2D eigenvalue weighted by molar-refractivity contribution is -0.131. The molecule has 0 bridgehead atoms. The fourth-order valence-corrected chi connectivity index (χ4v) is 2.00. The summed E-state index contributed by atoms with van der Waals surface area (Å²) in [7, 11) is 0. The molecule has 21 heavy (non-hydrogen) atoms. The number of carbonyl (C=O) groups excluding carboxylic acids is 2. The standard InChI is InChI=1S/C15H31N3O2.ClH/c1-5-15(16,6-2)12-17-13(19)10-9-11-14(20)18(7-3)8-4;/h5-12,16H2,1-4H3,(H,17,19);1H. The summed E-state index contributed by atoms with van der Waals surface area (Å²) in [5.41, 5.74) is 5.81. The van der Waals surface area contributed by atoms with Crippen molar-refractivity contribution >= 4 is 24.2 Å². The molecule has 0 aliphatic heterocycles. The minimum Gasteiger partial charge on any atom is -0.354 e. The molecule has 3 N–H and O–H groups in total. The maximum Gasteiger partial charge on any atom is 0.222 e. The molecule has 0 radical (unpaired) electrons. The van der Waals surface area contributed by atoms with E-state index in [1.807, 2.05) is 27.7 Å². The maximum atomic E-state index is 11.8. The van der Waals surface area contributed by atoms with Crippen LogP contribution in [-0.4, -0.2) is 41.9 Å². The van der Waals surface area contributed by atoms with Crippen LogP contribution in [0.15, 0.2) is 0 Å². The first-order valence-electron chi connectivity index (χ1n) is 7.75. The van der Waals surface area contributed by atoms with Crippen molar-refractivity contribution in [2.24, 2.45) is 5.73 Å². The zero-order valence-corrected chi connectivity index (χ0v) is 14.7. The van der Waals surface area contributed by atoms with Crippen molar-refractivity contribution in [1.29, 1.82) is 0 Å². The summed E-state index contributed by atoms with van der Waals surface area (Å²) in [5, 5.41) is 2.87. The van der Waals surface area contributed by atoms with Gasteiger partial charge in [0.05, 0.1) is 0 Å². The van der Waals surface area contributed by atoms with Crippen molar-refractivity contribution in [3.8, 4) is 0 Å². The smallest absolute Gasteiger partial charge is 0.222 e. The van der Waals surface area contributed by atoms with Crippen molar-refractivity contribution < 1.29 is 9.59 Å². The largest absolute Gasteiger partial charge is 0.354 e. The minimum atomic E-state index is -0.313. The van der Waals surface area contributed by atoms with Gasteiger partial charge in [-0.3, -0.25) is 9.59 Å². The van der Waals surface area contributed by atoms with Gasteiger partial charge in [0, 0.05) is 38.0 Å². The molecule has 0 saturated carbocycles. The van der Waals surface area contributed by atoms with Gasteiger partial charge in [0.15, 0.2) is 0 Å². The lowest BCUT2D eigenvalue weighted by Gasteiger charge is -2.26. The highest BCUT2D eigenvalue weighted by Crippen LogP contribution is 2.09. The second kappa shape index (κ2) is 11.8. The Hall–Kier alpha value is -0.810. The topological polar surface area (TPSA) is 75.4 Å². The average Bonchev–Trinajstić information content (AvgIpc) is 2.46. The minimum absolute atomic E-state index is 0. The van der Waals surface area contributed by atoms with Gasteiger partial charge < -0.3 is 16.0 Å². The summed E-state index contributed by atoms with van der Waals surface area (Å²) in [6.45, 7) is 9.93. The predicted molar refractivity (Wildman–Crippen MR) is 89.5 cm³/mol. The third-order valence-corrected chi connectivity index (χ3v) is 3.96. The highest BCUT2D eigenvalue weighted by atomic mass is 35.5. The lowest BCUT2D eigenvalue weighted by atomic mass is 9.94. The Morgan fingerprint density at radius 3 is 2.00 bits per heavy atom. The average molecular weight is 322 g/mol. The van der Waals surface area contributed by atoms with Crippen LogP contribution < -0.4 is 11.1 Å². The predicted octanol–water partition coefficient (Wildman–Crippen LogP) is 2.08. The van der Waals surface area contributed by atoms with Gasteiger partial charge in [0.25, 0.3) is 0 Å². The van der Waals surface area contributed by atoms with Crippen LogP contribution in [0, 0.1) is 0 Å². The van der Waals surface area contributed by atoms with E-state index in [4.69, 9.17) is 5.73 Å². The number of hydrogen-bond donors (Lipinski definition) is 2. The van der Waals surface area contributed by atoms with E-state index in [1.54, 1.807) is 4.90 Å². The summed E-state index contributed by atoms with van der Waals surface area (Å²) in [6.07, 6.45) is 3.09. The zero-order chi connectivity index (χ0) is 15.6. The van der Waals surface area contributed by atoms with Gasteiger partial charge in [-0.2, -0.15) is 0 Å². The maximum absolute atomic E-state index is 11.8. The molecule has 0 aromatic heterocycles. The normalized spacial score (nSPS) is 10.7. The summed E-state index contributed by atoms with van der Waals surface area (Å²) in [4.78, 5) is 25.3. The Kier molecular flexibility index (Phi) is 12.6. The van der Waals surface area contributed by atoms with Gasteiger partial charge in [-0.25, -0.2) is 0 Å². The first-order chi connectivity index (χ1) is 9.42. The van der Waals surface area contributed by atoms with E-state index < -0.39 is 0 Å². The van der Waals surface area contributed by atoms with Crippen molar-refractivity contribution in [3.63, 3.8) is 0 Å². The van der Waals surface area contributed by atoms with Crippen molar-refractivity contribution in [2.45, 2.75) is 65.3 Å². The molecule has 0 aliphatic carbocycles. The number of halogens is 1. The van der Waals surface area contributed by atoms with E-state index in [9.17, 15) is 9.59 Å². The number of nitrogens with zero attached hydrogens (tertiary/aromatic N) is 1. The summed E-state index contributed by atoms with van der Waals surface area (Å²) >= 11 is 0. The molecule has 6 heteroatoms. The van der Waals surface area contributed by atoms with Crippen LogP contribution in [0.3, 0.4) is 0 Å². The molecule has 5 nitrogen and oxygen atoms in total. The molecule has 0 aromatic rings. The number of nitrogens with two attached hydrogens (primary N) is 1. The Morgan fingerprint density at radius 1 is 1.05 bits per heavy atom. The van der Waals surface area contributed by atoms with E-state index >= 15 is 0 Å². The van der Waals surface area contributed by atoms with Gasteiger partial charge in [0.2, 0.25) is 11.8 Å². The van der Waals surface area contributed by atoms with Crippen LogP contribution in [-0.2, 0) is 9.59 Å². The van der Waals surface area contributed by atoms with Gasteiger partial charge in [0.1, 0.15) is 0 Å². The monoisotopic (exact) mass is 321 g/mol. The molecule has 0 heterocycles. The molecule has 126 valence electrons. The molecule has 0 atom stereocenters. The molecule has 0 fully saturated rings. The number of carbonyl (C=O) groups is 2. The van der Waals surface area contributed by atoms with E-state index in [-0.39, 0.29) is 29.8 Å². The van der Waals surface area contributed by atoms with Crippen LogP contribution in [0.25, 0.3) is 0 Å². The zero-order valence-electron chi connectivity index (χ0n) is 13.9. The van der Waals surface area contributed by atoms with Gasteiger partial charge in [-0.05, 0) is 33.1 Å². The lowest BCUT2D eigenvalue weighted by Crippen LogP contribution is -2.49. The Labute approximate surface area is 135 Å². The van der Waals surface area contributed by atoms with Crippen molar-refractivity contribution in [3.05, 3.63) is 0 Å². The molecule has 0 spiro atoms. The first kappa shape index (κ1) is 22.5. The third kappa shape index (κ3) is 8.94. The van der Waals surface area contributed by atoms with Crippen molar-refractivity contribution in [1.82, 2.24) is 10.2 Å². The van der Waals surface area contributed by atoms with Crippen LogP contribution in [0.1, 0.15) is 59.8 Å². The molecular weight excluding hydrogens is 290 g/mol. The number of amides is 2. The van der Waals surface area contributed by atoms with E-state index in [0.717, 1.165) is 25.9 Å². The van der Waals surface area contributed by atoms with E-state index in [1.165, 1.54) is 0 Å². The molecular formula is C15H32ClN3O2. The number of hydrogen-bond acceptors (Lipinski definition) is 3. The third-order valence-electron chi connectivity index (χ3n) is 3.96. The first-order valence-corrected chi connectivity index (χ1v) is 7.75. The summed E-state index contributed by atoms with van der Waals surface area (Å²) in [5.74, 6) is 0.104. The quantitative estimate of drug-likeness (QED) is 0.647. The van der Waals surface area contributed by atoms with Crippen molar-refractivity contribution in [2.75, 3.05) is 19.6 Å². The number of rotatable bonds is 10. The summed E-state index contributed by atoms with van der Waals surface area (Å²) < 4.78 is 0. The van der Waals surface area contributed by atoms with Gasteiger partial charge in [-0.1, -0.05) is 13.8 Å². The summed E-state index contributed by atoms with van der Waals surface area (Å²) in [6, 6.07) is 0. The fourth-order valence-electron chi connectivity index (χ4n) is 2.00. The highest BCUT2D eigenvalue weighted by molar-refractivity contribution is 5.85. The Balaban J connectivity index is 0. The Morgan fingerprint density at radius 2 is 1.57 bits per heavy atom. The fraction of sp³-hybridized carbons (Fsp3) is 0.867. The second-order valence-corrected chi connectivity index (χ2v) is 5.27. The molecule has 2 amide bonds. The van der Waals surface area contributed by atoms with Gasteiger partial charge >= 0.3 is 0 Å². The molecule has 0 rings (SSSR count). The number of nitrogens with one attached hydrogen (secondary N) is 1. The van der Waals surface area contributed by atoms with Gasteiger partial charge in [-0.15, -0.1) is 12.4 Å². The SMILES string of the molecule is CCN(CC)C(=O)CCCC(=O)NCC(N)(CC)CC.Cl. The van der Waals surface area contributed by atoms with Crippen LogP contribution in [0.4, 0.5) is 0 Å².